The van der Waals surface area contributed by atoms with Crippen LogP contribution in [-0.4, -0.2) is 25.1 Å². The van der Waals surface area contributed by atoms with Crippen LogP contribution in [0.3, 0.4) is 0 Å². The summed E-state index contributed by atoms with van der Waals surface area (Å²) in [6.45, 7) is 0. The van der Waals surface area contributed by atoms with Crippen molar-refractivity contribution in [1.82, 2.24) is 4.98 Å². The number of ether oxygens (including phenoxy) is 2. The van der Waals surface area contributed by atoms with Gasteiger partial charge in [0.1, 0.15) is 11.5 Å². The number of carbonyl (C=O) groups is 1. The van der Waals surface area contributed by atoms with E-state index in [1.165, 1.54) is 14.2 Å². The third kappa shape index (κ3) is 3.95. The van der Waals surface area contributed by atoms with Gasteiger partial charge in [-0.1, -0.05) is 17.7 Å². The molecule has 0 saturated carbocycles. The van der Waals surface area contributed by atoms with Gasteiger partial charge in [-0.25, -0.2) is 0 Å². The first-order valence-electron chi connectivity index (χ1n) is 7.86. The third-order valence-electron chi connectivity index (χ3n) is 3.78. The first-order valence-corrected chi connectivity index (χ1v) is 8.24. The van der Waals surface area contributed by atoms with Crippen LogP contribution < -0.4 is 14.8 Å². The van der Waals surface area contributed by atoms with Crippen molar-refractivity contribution in [2.45, 2.75) is 0 Å². The average Bonchev–Trinajstić information content (AvgIpc) is 2.69. The second-order valence-electron chi connectivity index (χ2n) is 5.47. The maximum absolute atomic E-state index is 12.6. The van der Waals surface area contributed by atoms with E-state index in [0.717, 1.165) is 11.3 Å². The number of hydrogen-bond donors (Lipinski definition) is 1. The van der Waals surface area contributed by atoms with Crippen molar-refractivity contribution in [3.05, 3.63) is 71.4 Å². The van der Waals surface area contributed by atoms with Crippen molar-refractivity contribution in [1.29, 1.82) is 0 Å². The SMILES string of the molecule is COc1cc(OC)cc(C(=O)Nc2ccc(Cl)c(-c3ccccn3)c2)c1. The summed E-state index contributed by atoms with van der Waals surface area (Å²) in [6.07, 6.45) is 1.69. The number of carbonyl (C=O) groups excluding carboxylic acids is 1. The number of benzene rings is 2. The largest absolute Gasteiger partial charge is 0.497 e. The first-order chi connectivity index (χ1) is 12.6. The quantitative estimate of drug-likeness (QED) is 0.710. The Hall–Kier alpha value is -3.05. The van der Waals surface area contributed by atoms with Crippen LogP contribution in [0.5, 0.6) is 11.5 Å². The van der Waals surface area contributed by atoms with Gasteiger partial charge in [0.05, 0.1) is 24.9 Å². The Kier molecular flexibility index (Phi) is 5.39. The molecule has 132 valence electrons. The average molecular weight is 369 g/mol. The van der Waals surface area contributed by atoms with E-state index >= 15 is 0 Å². The molecule has 0 unspecified atom stereocenters. The molecule has 6 heteroatoms. The Balaban J connectivity index is 1.89. The van der Waals surface area contributed by atoms with Gasteiger partial charge >= 0.3 is 0 Å². The van der Waals surface area contributed by atoms with Crippen LogP contribution >= 0.6 is 11.6 Å². The van der Waals surface area contributed by atoms with Crippen molar-refractivity contribution in [2.24, 2.45) is 0 Å². The van der Waals surface area contributed by atoms with Crippen LogP contribution in [0.2, 0.25) is 5.02 Å². The molecule has 3 aromatic rings. The lowest BCUT2D eigenvalue weighted by atomic mass is 10.1. The van der Waals surface area contributed by atoms with E-state index in [-0.39, 0.29) is 5.91 Å². The van der Waals surface area contributed by atoms with E-state index in [1.54, 1.807) is 42.6 Å². The zero-order valence-corrected chi connectivity index (χ0v) is 15.1. The molecule has 0 saturated heterocycles. The molecule has 0 aliphatic rings. The van der Waals surface area contributed by atoms with Gasteiger partial charge in [0.15, 0.2) is 0 Å². The fourth-order valence-electron chi connectivity index (χ4n) is 2.46. The third-order valence-corrected chi connectivity index (χ3v) is 4.11. The summed E-state index contributed by atoms with van der Waals surface area (Å²) in [5.41, 5.74) is 2.52. The monoisotopic (exact) mass is 368 g/mol. The fourth-order valence-corrected chi connectivity index (χ4v) is 2.68. The van der Waals surface area contributed by atoms with E-state index in [2.05, 4.69) is 10.3 Å². The van der Waals surface area contributed by atoms with Gasteiger partial charge < -0.3 is 14.8 Å². The van der Waals surface area contributed by atoms with Gasteiger partial charge in [0, 0.05) is 29.1 Å². The summed E-state index contributed by atoms with van der Waals surface area (Å²) in [4.78, 5) is 16.9. The van der Waals surface area contributed by atoms with Crippen molar-refractivity contribution < 1.29 is 14.3 Å². The number of rotatable bonds is 5. The number of halogens is 1. The summed E-state index contributed by atoms with van der Waals surface area (Å²) in [5.74, 6) is 0.802. The highest BCUT2D eigenvalue weighted by molar-refractivity contribution is 6.33. The molecule has 26 heavy (non-hydrogen) atoms. The minimum atomic E-state index is -0.281. The van der Waals surface area contributed by atoms with Crippen LogP contribution in [0.4, 0.5) is 5.69 Å². The number of pyridine rings is 1. The molecule has 0 atom stereocenters. The van der Waals surface area contributed by atoms with E-state index < -0.39 is 0 Å². The highest BCUT2D eigenvalue weighted by Crippen LogP contribution is 2.30. The Morgan fingerprint density at radius 2 is 1.73 bits per heavy atom. The van der Waals surface area contributed by atoms with E-state index in [1.807, 2.05) is 18.2 Å². The zero-order chi connectivity index (χ0) is 18.5. The van der Waals surface area contributed by atoms with Crippen LogP contribution in [0.25, 0.3) is 11.3 Å². The van der Waals surface area contributed by atoms with Gasteiger partial charge in [-0.3, -0.25) is 9.78 Å². The van der Waals surface area contributed by atoms with Gasteiger partial charge in [-0.15, -0.1) is 0 Å². The molecule has 0 aliphatic carbocycles. The predicted octanol–water partition coefficient (Wildman–Crippen LogP) is 4.67. The number of anilines is 1. The number of amides is 1. The molecule has 5 nitrogen and oxygen atoms in total. The molecular weight excluding hydrogens is 352 g/mol. The highest BCUT2D eigenvalue weighted by Gasteiger charge is 2.12. The Labute approximate surface area is 156 Å². The molecule has 1 aromatic heterocycles. The Bertz CT molecular complexity index is 907. The topological polar surface area (TPSA) is 60.5 Å². The minimum absolute atomic E-state index is 0.281. The number of hydrogen-bond acceptors (Lipinski definition) is 4. The number of methoxy groups -OCH3 is 2. The maximum Gasteiger partial charge on any atom is 0.255 e. The van der Waals surface area contributed by atoms with Crippen molar-refractivity contribution >= 4 is 23.2 Å². The van der Waals surface area contributed by atoms with Crippen LogP contribution in [0.1, 0.15) is 10.4 Å². The van der Waals surface area contributed by atoms with E-state index in [0.29, 0.717) is 27.8 Å². The summed E-state index contributed by atoms with van der Waals surface area (Å²) in [5, 5.41) is 3.42. The maximum atomic E-state index is 12.6. The second-order valence-corrected chi connectivity index (χ2v) is 5.87. The Morgan fingerprint density at radius 3 is 2.35 bits per heavy atom. The predicted molar refractivity (Wildman–Crippen MR) is 102 cm³/mol. The van der Waals surface area contributed by atoms with Crippen molar-refractivity contribution in [2.75, 3.05) is 19.5 Å². The fraction of sp³-hybridized carbons (Fsp3) is 0.100. The molecule has 3 rings (SSSR count). The lowest BCUT2D eigenvalue weighted by molar-refractivity contribution is 0.102. The summed E-state index contributed by atoms with van der Waals surface area (Å²) >= 11 is 6.28. The lowest BCUT2D eigenvalue weighted by Crippen LogP contribution is -2.12. The molecule has 0 bridgehead atoms. The van der Waals surface area contributed by atoms with Gasteiger partial charge in [-0.05, 0) is 42.5 Å². The van der Waals surface area contributed by atoms with Crippen molar-refractivity contribution in [3.63, 3.8) is 0 Å². The van der Waals surface area contributed by atoms with E-state index in [4.69, 9.17) is 21.1 Å². The van der Waals surface area contributed by atoms with Gasteiger partial charge in [0.2, 0.25) is 0 Å². The molecule has 1 N–H and O–H groups in total. The van der Waals surface area contributed by atoms with E-state index in [9.17, 15) is 4.79 Å². The molecule has 1 amide bonds. The lowest BCUT2D eigenvalue weighted by Gasteiger charge is -2.11. The van der Waals surface area contributed by atoms with Gasteiger partial charge in [-0.2, -0.15) is 0 Å². The van der Waals surface area contributed by atoms with Crippen molar-refractivity contribution in [3.8, 4) is 22.8 Å². The molecular formula is C20H17ClN2O3. The summed E-state index contributed by atoms with van der Waals surface area (Å²) < 4.78 is 10.4. The number of nitrogens with one attached hydrogen (secondary N) is 1. The normalized spacial score (nSPS) is 10.3. The highest BCUT2D eigenvalue weighted by atomic mass is 35.5. The second kappa shape index (κ2) is 7.89. The van der Waals surface area contributed by atoms with Gasteiger partial charge in [0.25, 0.3) is 5.91 Å². The molecule has 0 spiro atoms. The van der Waals surface area contributed by atoms with Crippen LogP contribution in [-0.2, 0) is 0 Å². The molecule has 1 heterocycles. The summed E-state index contributed by atoms with van der Waals surface area (Å²) in [7, 11) is 3.07. The first kappa shape index (κ1) is 17.8. The molecule has 0 fully saturated rings. The minimum Gasteiger partial charge on any atom is -0.497 e. The number of nitrogens with zero attached hydrogens (tertiary/aromatic N) is 1. The standard InChI is InChI=1S/C20H17ClN2O3/c1-25-15-9-13(10-16(12-15)26-2)20(24)23-14-6-7-18(21)17(11-14)19-5-3-4-8-22-19/h3-12H,1-2H3,(H,23,24). The molecule has 0 aliphatic heterocycles. The summed E-state index contributed by atoms with van der Waals surface area (Å²) in [6, 6.07) is 15.8. The van der Waals surface area contributed by atoms with Crippen LogP contribution in [0, 0.1) is 0 Å². The number of aromatic nitrogens is 1. The Morgan fingerprint density at radius 1 is 1.00 bits per heavy atom. The smallest absolute Gasteiger partial charge is 0.255 e. The zero-order valence-electron chi connectivity index (χ0n) is 14.3. The molecule has 0 radical (unpaired) electrons. The van der Waals surface area contributed by atoms with Crippen LogP contribution in [0.15, 0.2) is 60.8 Å². The molecule has 2 aromatic carbocycles.